The normalized spacial score (nSPS) is 13.9. The van der Waals surface area contributed by atoms with Crippen molar-refractivity contribution in [2.45, 2.75) is 45.3 Å². The zero-order valence-corrected chi connectivity index (χ0v) is 14.5. The molecule has 0 aromatic heterocycles. The van der Waals surface area contributed by atoms with Gasteiger partial charge in [-0.1, -0.05) is 12.1 Å². The summed E-state index contributed by atoms with van der Waals surface area (Å²) in [6.45, 7) is 6.82. The summed E-state index contributed by atoms with van der Waals surface area (Å²) in [6.07, 6.45) is -0.456. The predicted octanol–water partition coefficient (Wildman–Crippen LogP) is 3.17. The van der Waals surface area contributed by atoms with Gasteiger partial charge in [0.05, 0.1) is 7.11 Å². The van der Waals surface area contributed by atoms with Gasteiger partial charge in [0.1, 0.15) is 17.0 Å². The number of ether oxygens (including phenoxy) is 2. The summed E-state index contributed by atoms with van der Waals surface area (Å²) < 4.78 is 23.2. The maximum absolute atomic E-state index is 13.0. The lowest BCUT2D eigenvalue weighted by Gasteiger charge is -2.37. The van der Waals surface area contributed by atoms with Gasteiger partial charge in [0.15, 0.2) is 0 Å². The lowest BCUT2D eigenvalue weighted by Crippen LogP contribution is -2.56. The summed E-state index contributed by atoms with van der Waals surface area (Å²) in [5.41, 5.74) is -1.25. The Bertz CT molecular complexity index is 565. The molecule has 0 heterocycles. The highest BCUT2D eigenvalue weighted by atomic mass is 19.1. The number of likely N-dealkylation sites (N-methyl/N-ethyl adjacent to an activating group) is 1. The van der Waals surface area contributed by atoms with Crippen LogP contribution in [0.15, 0.2) is 24.3 Å². The minimum atomic E-state index is -1.27. The zero-order chi connectivity index (χ0) is 17.8. The molecule has 23 heavy (non-hydrogen) atoms. The van der Waals surface area contributed by atoms with E-state index in [0.29, 0.717) is 5.56 Å². The Labute approximate surface area is 136 Å². The third kappa shape index (κ3) is 4.94. The molecule has 0 saturated carbocycles. The first-order valence-electron chi connectivity index (χ1n) is 7.29. The van der Waals surface area contributed by atoms with E-state index in [4.69, 9.17) is 9.47 Å². The van der Waals surface area contributed by atoms with Crippen LogP contribution in [0, 0.1) is 5.82 Å². The Morgan fingerprint density at radius 3 is 2.09 bits per heavy atom. The van der Waals surface area contributed by atoms with E-state index < -0.39 is 23.2 Å². The van der Waals surface area contributed by atoms with Crippen LogP contribution in [0.5, 0.6) is 0 Å². The fraction of sp³-hybridized carbons (Fsp3) is 0.529. The number of nitrogens with zero attached hydrogens (tertiary/aromatic N) is 1. The first-order valence-corrected chi connectivity index (χ1v) is 7.29. The van der Waals surface area contributed by atoms with Gasteiger partial charge in [-0.3, -0.25) is 4.90 Å². The van der Waals surface area contributed by atoms with Gasteiger partial charge in [-0.05, 0) is 45.4 Å². The highest BCUT2D eigenvalue weighted by Crippen LogP contribution is 2.24. The van der Waals surface area contributed by atoms with Crippen LogP contribution in [0.25, 0.3) is 0 Å². The minimum Gasteiger partial charge on any atom is -0.467 e. The number of carbonyl (C=O) groups excluding carboxylic acids is 2. The van der Waals surface area contributed by atoms with Crippen molar-refractivity contribution in [3.8, 4) is 0 Å². The molecule has 1 aromatic rings. The predicted molar refractivity (Wildman–Crippen MR) is 84.5 cm³/mol. The zero-order valence-electron chi connectivity index (χ0n) is 14.5. The number of benzene rings is 1. The van der Waals surface area contributed by atoms with Gasteiger partial charge in [-0.2, -0.15) is 0 Å². The molecule has 1 atom stereocenters. The van der Waals surface area contributed by atoms with Crippen LogP contribution < -0.4 is 0 Å². The van der Waals surface area contributed by atoms with Crippen LogP contribution in [0.1, 0.15) is 33.3 Å². The second-order valence-corrected chi connectivity index (χ2v) is 6.61. The fourth-order valence-electron chi connectivity index (χ4n) is 2.08. The monoisotopic (exact) mass is 325 g/mol. The molecule has 0 aliphatic heterocycles. The summed E-state index contributed by atoms with van der Waals surface area (Å²) in [5.74, 6) is -0.941. The van der Waals surface area contributed by atoms with Crippen molar-refractivity contribution in [2.75, 3.05) is 14.2 Å². The number of rotatable bonds is 4. The molecule has 1 rings (SSSR count). The van der Waals surface area contributed by atoms with Crippen molar-refractivity contribution in [1.29, 1.82) is 0 Å². The van der Waals surface area contributed by atoms with E-state index in [2.05, 4.69) is 0 Å². The molecule has 0 aliphatic rings. The SMILES string of the molecule is COC(=O)C(C)(Cc1ccc(F)cc1)N(C)C(=O)OC(C)(C)C. The highest BCUT2D eigenvalue weighted by molar-refractivity contribution is 5.85. The topological polar surface area (TPSA) is 55.8 Å². The van der Waals surface area contributed by atoms with E-state index in [0.717, 1.165) is 0 Å². The number of hydrogen-bond donors (Lipinski definition) is 0. The maximum atomic E-state index is 13.0. The van der Waals surface area contributed by atoms with Gasteiger partial charge in [-0.15, -0.1) is 0 Å². The van der Waals surface area contributed by atoms with Crippen molar-refractivity contribution < 1.29 is 23.5 Å². The maximum Gasteiger partial charge on any atom is 0.410 e. The average Bonchev–Trinajstić information content (AvgIpc) is 2.46. The molecule has 0 radical (unpaired) electrons. The Morgan fingerprint density at radius 2 is 1.65 bits per heavy atom. The van der Waals surface area contributed by atoms with E-state index >= 15 is 0 Å². The third-order valence-electron chi connectivity index (χ3n) is 3.49. The largest absolute Gasteiger partial charge is 0.467 e. The fourth-order valence-corrected chi connectivity index (χ4v) is 2.08. The van der Waals surface area contributed by atoms with Crippen molar-refractivity contribution in [3.63, 3.8) is 0 Å². The molecule has 6 heteroatoms. The molecule has 0 bridgehead atoms. The Kier molecular flexibility index (Phi) is 5.75. The van der Waals surface area contributed by atoms with E-state index in [9.17, 15) is 14.0 Å². The van der Waals surface area contributed by atoms with Gasteiger partial charge in [0.25, 0.3) is 0 Å². The lowest BCUT2D eigenvalue weighted by atomic mass is 9.91. The van der Waals surface area contributed by atoms with Crippen molar-refractivity contribution in [2.24, 2.45) is 0 Å². The third-order valence-corrected chi connectivity index (χ3v) is 3.49. The van der Waals surface area contributed by atoms with Crippen molar-refractivity contribution in [3.05, 3.63) is 35.6 Å². The molecule has 1 unspecified atom stereocenters. The van der Waals surface area contributed by atoms with E-state index in [1.165, 1.54) is 31.2 Å². The summed E-state index contributed by atoms with van der Waals surface area (Å²) in [6, 6.07) is 5.75. The molecule has 0 spiro atoms. The summed E-state index contributed by atoms with van der Waals surface area (Å²) in [4.78, 5) is 25.8. The molecule has 0 N–H and O–H groups in total. The van der Waals surface area contributed by atoms with Gasteiger partial charge in [0, 0.05) is 13.5 Å². The van der Waals surface area contributed by atoms with E-state index in [-0.39, 0.29) is 12.2 Å². The Balaban J connectivity index is 3.08. The highest BCUT2D eigenvalue weighted by Gasteiger charge is 2.43. The molecule has 1 amide bonds. The van der Waals surface area contributed by atoms with E-state index in [1.807, 2.05) is 0 Å². The van der Waals surface area contributed by atoms with Crippen LogP contribution in [-0.4, -0.2) is 42.3 Å². The average molecular weight is 325 g/mol. The molecular weight excluding hydrogens is 301 g/mol. The van der Waals surface area contributed by atoms with Crippen LogP contribution in [0.2, 0.25) is 0 Å². The number of esters is 1. The van der Waals surface area contributed by atoms with Crippen LogP contribution in [0.4, 0.5) is 9.18 Å². The molecule has 0 saturated heterocycles. The first kappa shape index (κ1) is 18.9. The molecule has 0 fully saturated rings. The molecule has 5 nitrogen and oxygen atoms in total. The standard InChI is InChI=1S/C17H24FNO4/c1-16(2,3)23-15(21)19(5)17(4,14(20)22-6)11-12-7-9-13(18)10-8-12/h7-10H,11H2,1-6H3. The summed E-state index contributed by atoms with van der Waals surface area (Å²) in [5, 5.41) is 0. The quantitative estimate of drug-likeness (QED) is 0.798. The smallest absolute Gasteiger partial charge is 0.410 e. The van der Waals surface area contributed by atoms with Crippen molar-refractivity contribution >= 4 is 12.1 Å². The minimum absolute atomic E-state index is 0.176. The van der Waals surface area contributed by atoms with Crippen LogP contribution in [-0.2, 0) is 20.7 Å². The number of carbonyl (C=O) groups is 2. The molecule has 128 valence electrons. The van der Waals surface area contributed by atoms with Crippen LogP contribution >= 0.6 is 0 Å². The van der Waals surface area contributed by atoms with Gasteiger partial charge in [-0.25, -0.2) is 14.0 Å². The number of hydrogen-bond acceptors (Lipinski definition) is 4. The summed E-state index contributed by atoms with van der Waals surface area (Å²) >= 11 is 0. The molecule has 0 aliphatic carbocycles. The molecule has 1 aromatic carbocycles. The number of methoxy groups -OCH3 is 1. The van der Waals surface area contributed by atoms with Crippen LogP contribution in [0.3, 0.4) is 0 Å². The first-order chi connectivity index (χ1) is 10.5. The van der Waals surface area contributed by atoms with Gasteiger partial charge >= 0.3 is 12.1 Å². The summed E-state index contributed by atoms with van der Waals surface area (Å²) in [7, 11) is 2.74. The number of halogens is 1. The Hall–Kier alpha value is -2.11. The lowest BCUT2D eigenvalue weighted by molar-refractivity contribution is -0.153. The molecular formula is C17H24FNO4. The Morgan fingerprint density at radius 1 is 1.13 bits per heavy atom. The van der Waals surface area contributed by atoms with Gasteiger partial charge in [0.2, 0.25) is 0 Å². The van der Waals surface area contributed by atoms with Gasteiger partial charge < -0.3 is 9.47 Å². The number of amides is 1. The second-order valence-electron chi connectivity index (χ2n) is 6.61. The van der Waals surface area contributed by atoms with E-state index in [1.54, 1.807) is 39.8 Å². The second kappa shape index (κ2) is 6.98. The van der Waals surface area contributed by atoms with Crippen molar-refractivity contribution in [1.82, 2.24) is 4.90 Å².